The SMILES string of the molecule is CCCCCCCCCCCCCCCCCCCCCCC(O)C(CO)NC(=O)CCCCCCCCCCCCCCCCCCCCCCCCCCCCCCCCCCCCCCCOC(=O)CCCCCCCCCCCCCCCCCCC. The van der Waals surface area contributed by atoms with Gasteiger partial charge in [0, 0.05) is 12.8 Å². The van der Waals surface area contributed by atoms with Crippen LogP contribution in [-0.2, 0) is 14.3 Å². The minimum absolute atomic E-state index is 0.0230. The molecule has 0 rings (SSSR count). The molecule has 1 amide bonds. The van der Waals surface area contributed by atoms with Gasteiger partial charge in [0.1, 0.15) is 0 Å². The number of carbonyl (C=O) groups excluding carboxylic acids is 2. The topological polar surface area (TPSA) is 95.9 Å². The first-order valence-corrected chi connectivity index (χ1v) is 42.8. The molecule has 544 valence electrons. The molecule has 0 bridgehead atoms. The number of esters is 1. The Morgan fingerprint density at radius 3 is 0.670 bits per heavy atom. The van der Waals surface area contributed by atoms with E-state index in [1.54, 1.807) is 0 Å². The summed E-state index contributed by atoms with van der Waals surface area (Å²) in [7, 11) is 0. The second-order valence-corrected chi connectivity index (χ2v) is 29.9. The highest BCUT2D eigenvalue weighted by molar-refractivity contribution is 5.76. The average molecular weight is 1290 g/mol. The van der Waals surface area contributed by atoms with Gasteiger partial charge in [-0.05, 0) is 25.7 Å². The molecule has 6 heteroatoms. The van der Waals surface area contributed by atoms with Crippen LogP contribution >= 0.6 is 0 Å². The smallest absolute Gasteiger partial charge is 0.305 e. The van der Waals surface area contributed by atoms with Gasteiger partial charge in [-0.1, -0.05) is 470 Å². The number of ether oxygens (including phenoxy) is 1. The zero-order valence-corrected chi connectivity index (χ0v) is 62.6. The highest BCUT2D eigenvalue weighted by Crippen LogP contribution is 2.21. The predicted molar refractivity (Wildman–Crippen MR) is 403 cm³/mol. The van der Waals surface area contributed by atoms with Gasteiger partial charge in [-0.15, -0.1) is 0 Å². The van der Waals surface area contributed by atoms with E-state index in [2.05, 4.69) is 19.2 Å². The standard InChI is InChI=1S/C85H169NO5/c1-3-5-7-9-11-13-15-17-19-21-22-42-46-49-53-57-61-65-69-73-77-83(88)82(81-87)86-84(89)78-74-70-66-62-58-54-50-47-43-40-38-36-34-32-30-28-26-24-23-25-27-29-31-33-35-37-39-41-44-48-52-56-60-64-68-72-76-80-91-85(90)79-75-71-67-63-59-55-51-45-20-18-16-14-12-10-8-6-4-2/h82-83,87-88H,3-81H2,1-2H3,(H,86,89). The molecule has 0 aromatic rings. The van der Waals surface area contributed by atoms with Gasteiger partial charge in [0.05, 0.1) is 25.4 Å². The first kappa shape index (κ1) is 89.9. The van der Waals surface area contributed by atoms with Gasteiger partial charge in [0.15, 0.2) is 0 Å². The van der Waals surface area contributed by atoms with E-state index in [0.717, 1.165) is 38.5 Å². The molecule has 0 aliphatic rings. The Morgan fingerprint density at radius 2 is 0.451 bits per heavy atom. The van der Waals surface area contributed by atoms with E-state index in [4.69, 9.17) is 4.74 Å². The van der Waals surface area contributed by atoms with Crippen LogP contribution in [0.15, 0.2) is 0 Å². The summed E-state index contributed by atoms with van der Waals surface area (Å²) in [6.07, 6.45) is 102. The minimum Gasteiger partial charge on any atom is -0.466 e. The number of nitrogens with one attached hydrogen (secondary N) is 1. The van der Waals surface area contributed by atoms with Crippen molar-refractivity contribution in [1.82, 2.24) is 5.32 Å². The molecule has 0 saturated carbocycles. The fourth-order valence-electron chi connectivity index (χ4n) is 14.2. The van der Waals surface area contributed by atoms with E-state index in [9.17, 15) is 19.8 Å². The zero-order valence-electron chi connectivity index (χ0n) is 62.6. The Hall–Kier alpha value is -1.14. The monoisotopic (exact) mass is 1280 g/mol. The quantitative estimate of drug-likeness (QED) is 0.0417. The molecule has 0 radical (unpaired) electrons. The molecule has 91 heavy (non-hydrogen) atoms. The lowest BCUT2D eigenvalue weighted by atomic mass is 10.0. The number of hydrogen-bond donors (Lipinski definition) is 3. The van der Waals surface area contributed by atoms with Crippen LogP contribution in [0.2, 0.25) is 0 Å². The Balaban J connectivity index is 3.28. The van der Waals surface area contributed by atoms with E-state index >= 15 is 0 Å². The van der Waals surface area contributed by atoms with Crippen LogP contribution in [0.3, 0.4) is 0 Å². The van der Waals surface area contributed by atoms with Gasteiger partial charge in [-0.3, -0.25) is 9.59 Å². The molecule has 3 N–H and O–H groups in total. The summed E-state index contributed by atoms with van der Waals surface area (Å²) in [6.45, 7) is 5.03. The summed E-state index contributed by atoms with van der Waals surface area (Å²) in [4.78, 5) is 24.7. The van der Waals surface area contributed by atoms with Crippen LogP contribution < -0.4 is 5.32 Å². The molecule has 2 atom stereocenters. The van der Waals surface area contributed by atoms with Crippen LogP contribution in [0, 0.1) is 0 Å². The summed E-state index contributed by atoms with van der Waals surface area (Å²) in [6, 6.07) is -0.537. The fourth-order valence-corrected chi connectivity index (χ4v) is 14.2. The highest BCUT2D eigenvalue weighted by atomic mass is 16.5. The van der Waals surface area contributed by atoms with Crippen molar-refractivity contribution in [2.24, 2.45) is 0 Å². The molecule has 0 aromatic heterocycles. The normalized spacial score (nSPS) is 12.4. The van der Waals surface area contributed by atoms with Crippen LogP contribution in [0.5, 0.6) is 0 Å². The van der Waals surface area contributed by atoms with Gasteiger partial charge in [0.2, 0.25) is 5.91 Å². The van der Waals surface area contributed by atoms with E-state index in [1.807, 2.05) is 0 Å². The molecule has 0 aliphatic carbocycles. The molecular formula is C85H169NO5. The minimum atomic E-state index is -0.660. The average Bonchev–Trinajstić information content (AvgIpc) is 3.64. The first-order chi connectivity index (χ1) is 45.0. The van der Waals surface area contributed by atoms with Crippen molar-refractivity contribution in [2.75, 3.05) is 13.2 Å². The van der Waals surface area contributed by atoms with Crippen molar-refractivity contribution in [2.45, 2.75) is 520 Å². The maximum atomic E-state index is 12.6. The van der Waals surface area contributed by atoms with Gasteiger partial charge in [-0.2, -0.15) is 0 Å². The molecule has 0 fully saturated rings. The van der Waals surface area contributed by atoms with Crippen molar-refractivity contribution in [3.63, 3.8) is 0 Å². The number of carbonyl (C=O) groups is 2. The lowest BCUT2D eigenvalue weighted by Gasteiger charge is -2.22. The molecule has 0 spiro atoms. The third-order valence-electron chi connectivity index (χ3n) is 20.7. The highest BCUT2D eigenvalue weighted by Gasteiger charge is 2.20. The Labute approximate surface area is 572 Å². The predicted octanol–water partition coefficient (Wildman–Crippen LogP) is 28.4. The second kappa shape index (κ2) is 81.3. The Bertz CT molecular complexity index is 1340. The van der Waals surface area contributed by atoms with Crippen LogP contribution in [0.4, 0.5) is 0 Å². The maximum absolute atomic E-state index is 12.6. The number of rotatable bonds is 82. The third kappa shape index (κ3) is 77.7. The number of aliphatic hydroxyl groups excluding tert-OH is 2. The second-order valence-electron chi connectivity index (χ2n) is 29.9. The molecule has 2 unspecified atom stereocenters. The first-order valence-electron chi connectivity index (χ1n) is 42.8. The van der Waals surface area contributed by atoms with Crippen molar-refractivity contribution in [3.05, 3.63) is 0 Å². The Kier molecular flexibility index (Phi) is 80.3. The van der Waals surface area contributed by atoms with Crippen molar-refractivity contribution in [1.29, 1.82) is 0 Å². The van der Waals surface area contributed by atoms with Gasteiger partial charge in [0.25, 0.3) is 0 Å². The van der Waals surface area contributed by atoms with Gasteiger partial charge in [-0.25, -0.2) is 0 Å². The number of hydrogen-bond acceptors (Lipinski definition) is 5. The summed E-state index contributed by atoms with van der Waals surface area (Å²) in [5.74, 6) is 0.00594. The van der Waals surface area contributed by atoms with Gasteiger partial charge < -0.3 is 20.3 Å². The summed E-state index contributed by atoms with van der Waals surface area (Å²) in [5, 5.41) is 23.5. The van der Waals surface area contributed by atoms with E-state index in [0.29, 0.717) is 25.9 Å². The molecule has 6 nitrogen and oxygen atoms in total. The van der Waals surface area contributed by atoms with Crippen LogP contribution in [-0.4, -0.2) is 47.4 Å². The van der Waals surface area contributed by atoms with Crippen LogP contribution in [0.1, 0.15) is 508 Å². The molecule has 0 heterocycles. The van der Waals surface area contributed by atoms with Crippen molar-refractivity contribution in [3.8, 4) is 0 Å². The van der Waals surface area contributed by atoms with Crippen molar-refractivity contribution < 1.29 is 24.5 Å². The zero-order chi connectivity index (χ0) is 65.6. The number of aliphatic hydroxyl groups is 2. The number of unbranched alkanes of at least 4 members (excludes halogenated alkanes) is 71. The molecular weight excluding hydrogens is 1110 g/mol. The van der Waals surface area contributed by atoms with E-state index < -0.39 is 12.1 Å². The summed E-state index contributed by atoms with van der Waals surface area (Å²) in [5.41, 5.74) is 0. The Morgan fingerprint density at radius 1 is 0.264 bits per heavy atom. The molecule has 0 aromatic carbocycles. The van der Waals surface area contributed by atoms with Crippen molar-refractivity contribution >= 4 is 11.9 Å². The maximum Gasteiger partial charge on any atom is 0.305 e. The third-order valence-corrected chi connectivity index (χ3v) is 20.7. The largest absolute Gasteiger partial charge is 0.466 e. The summed E-state index contributed by atoms with van der Waals surface area (Å²) >= 11 is 0. The number of amides is 1. The molecule has 0 saturated heterocycles. The summed E-state index contributed by atoms with van der Waals surface area (Å²) < 4.78 is 5.52. The lowest BCUT2D eigenvalue weighted by molar-refractivity contribution is -0.143. The molecule has 0 aliphatic heterocycles. The van der Waals surface area contributed by atoms with E-state index in [1.165, 1.54) is 437 Å². The van der Waals surface area contributed by atoms with E-state index in [-0.39, 0.29) is 18.5 Å². The fraction of sp³-hybridized carbons (Fsp3) is 0.976. The van der Waals surface area contributed by atoms with Gasteiger partial charge >= 0.3 is 5.97 Å². The van der Waals surface area contributed by atoms with Crippen LogP contribution in [0.25, 0.3) is 0 Å². The lowest BCUT2D eigenvalue weighted by Crippen LogP contribution is -2.45.